The zero-order valence-corrected chi connectivity index (χ0v) is 9.18. The summed E-state index contributed by atoms with van der Waals surface area (Å²) < 4.78 is 5.24. The molecule has 0 aromatic rings. The van der Waals surface area contributed by atoms with E-state index in [-0.39, 0.29) is 0 Å². The van der Waals surface area contributed by atoms with E-state index in [9.17, 15) is 0 Å². The average molecular weight is 185 g/mol. The molecule has 0 aromatic carbocycles. The largest absolute Gasteiger partial charge is 0.380 e. The number of methoxy groups -OCH3 is 1. The Labute approximate surface area is 82.0 Å². The highest BCUT2D eigenvalue weighted by Crippen LogP contribution is 2.33. The van der Waals surface area contributed by atoms with Crippen molar-refractivity contribution in [3.8, 4) is 0 Å². The van der Waals surface area contributed by atoms with E-state index >= 15 is 0 Å². The van der Waals surface area contributed by atoms with Crippen LogP contribution >= 0.6 is 0 Å². The zero-order valence-electron chi connectivity index (χ0n) is 9.18. The van der Waals surface area contributed by atoms with Gasteiger partial charge in [0.25, 0.3) is 0 Å². The molecule has 1 rings (SSSR count). The van der Waals surface area contributed by atoms with Gasteiger partial charge < -0.3 is 10.1 Å². The van der Waals surface area contributed by atoms with Gasteiger partial charge in [-0.3, -0.25) is 0 Å². The van der Waals surface area contributed by atoms with Crippen LogP contribution in [-0.4, -0.2) is 25.8 Å². The molecule has 2 unspecified atom stereocenters. The van der Waals surface area contributed by atoms with Crippen LogP contribution in [0.3, 0.4) is 0 Å². The van der Waals surface area contributed by atoms with Crippen molar-refractivity contribution >= 4 is 0 Å². The van der Waals surface area contributed by atoms with Gasteiger partial charge >= 0.3 is 0 Å². The van der Waals surface area contributed by atoms with Crippen LogP contribution in [-0.2, 0) is 4.74 Å². The van der Waals surface area contributed by atoms with Crippen LogP contribution in [0.1, 0.15) is 39.5 Å². The lowest BCUT2D eigenvalue weighted by molar-refractivity contribution is 0.0887. The first-order valence-electron chi connectivity index (χ1n) is 5.50. The molecule has 1 saturated carbocycles. The molecule has 0 spiro atoms. The second-order valence-electron chi connectivity index (χ2n) is 4.27. The third-order valence-corrected chi connectivity index (χ3v) is 3.03. The molecule has 78 valence electrons. The fourth-order valence-electron chi connectivity index (χ4n) is 1.50. The fraction of sp³-hybridized carbons (Fsp3) is 1.00. The van der Waals surface area contributed by atoms with Gasteiger partial charge in [-0.25, -0.2) is 0 Å². The van der Waals surface area contributed by atoms with E-state index in [0.29, 0.717) is 12.1 Å². The first kappa shape index (κ1) is 11.0. The molecule has 2 heteroatoms. The van der Waals surface area contributed by atoms with Gasteiger partial charge in [-0.1, -0.05) is 12.8 Å². The molecule has 0 aromatic heterocycles. The van der Waals surface area contributed by atoms with Crippen LogP contribution in [0.4, 0.5) is 0 Å². The molecule has 0 amide bonds. The lowest BCUT2D eigenvalue weighted by atomic mass is 10.2. The van der Waals surface area contributed by atoms with Crippen molar-refractivity contribution in [2.45, 2.75) is 51.7 Å². The van der Waals surface area contributed by atoms with E-state index in [2.05, 4.69) is 19.2 Å². The van der Waals surface area contributed by atoms with Crippen LogP contribution in [0.2, 0.25) is 0 Å². The number of hydrogen-bond acceptors (Lipinski definition) is 2. The molecule has 0 aliphatic heterocycles. The predicted molar refractivity (Wildman–Crippen MR) is 55.9 cm³/mol. The average Bonchev–Trinajstić information content (AvgIpc) is 2.94. The smallest absolute Gasteiger partial charge is 0.0693 e. The van der Waals surface area contributed by atoms with Crippen molar-refractivity contribution in [3.63, 3.8) is 0 Å². The second kappa shape index (κ2) is 5.61. The van der Waals surface area contributed by atoms with E-state index in [1.807, 2.05) is 0 Å². The summed E-state index contributed by atoms with van der Waals surface area (Å²) in [5, 5.41) is 3.49. The summed E-state index contributed by atoms with van der Waals surface area (Å²) in [6.45, 7) is 5.44. The zero-order chi connectivity index (χ0) is 9.68. The van der Waals surface area contributed by atoms with Crippen molar-refractivity contribution in [1.82, 2.24) is 5.32 Å². The number of hydrogen-bond donors (Lipinski definition) is 1. The third-order valence-electron chi connectivity index (χ3n) is 3.03. The van der Waals surface area contributed by atoms with Crippen molar-refractivity contribution in [2.75, 3.05) is 13.7 Å². The Bertz CT molecular complexity index is 134. The van der Waals surface area contributed by atoms with Gasteiger partial charge in [-0.15, -0.1) is 0 Å². The Balaban J connectivity index is 1.90. The summed E-state index contributed by atoms with van der Waals surface area (Å²) in [4.78, 5) is 0. The Kier molecular flexibility index (Phi) is 4.74. The highest BCUT2D eigenvalue weighted by molar-refractivity contribution is 4.74. The fourth-order valence-corrected chi connectivity index (χ4v) is 1.50. The minimum absolute atomic E-state index is 0.320. The maximum absolute atomic E-state index is 5.24. The molecular formula is C11H23NO. The maximum atomic E-state index is 5.24. The molecule has 1 aliphatic carbocycles. The van der Waals surface area contributed by atoms with Crippen LogP contribution in [0.15, 0.2) is 0 Å². The molecule has 0 bridgehead atoms. The monoisotopic (exact) mass is 185 g/mol. The van der Waals surface area contributed by atoms with E-state index < -0.39 is 0 Å². The van der Waals surface area contributed by atoms with Gasteiger partial charge in [0.15, 0.2) is 0 Å². The highest BCUT2D eigenvalue weighted by atomic mass is 16.5. The van der Waals surface area contributed by atoms with E-state index in [1.165, 1.54) is 25.7 Å². The van der Waals surface area contributed by atoms with Crippen molar-refractivity contribution in [2.24, 2.45) is 5.92 Å². The molecular weight excluding hydrogens is 162 g/mol. The van der Waals surface area contributed by atoms with E-state index in [1.54, 1.807) is 7.11 Å². The normalized spacial score (nSPS) is 21.5. The van der Waals surface area contributed by atoms with Crippen molar-refractivity contribution in [3.05, 3.63) is 0 Å². The predicted octanol–water partition coefficient (Wildman–Crippen LogP) is 2.19. The Morgan fingerprint density at radius 2 is 2.08 bits per heavy atom. The van der Waals surface area contributed by atoms with Crippen LogP contribution in [0.5, 0.6) is 0 Å². The molecule has 13 heavy (non-hydrogen) atoms. The first-order chi connectivity index (χ1) is 6.24. The molecule has 1 aliphatic rings. The SMILES string of the molecule is COC(C)C(C)NCCCC1CC1. The number of rotatable bonds is 7. The van der Waals surface area contributed by atoms with E-state index in [0.717, 1.165) is 12.5 Å². The summed E-state index contributed by atoms with van der Waals surface area (Å²) in [6, 6.07) is 0.476. The third kappa shape index (κ3) is 4.63. The van der Waals surface area contributed by atoms with E-state index in [4.69, 9.17) is 4.74 Å². The van der Waals surface area contributed by atoms with Crippen LogP contribution < -0.4 is 5.32 Å². The van der Waals surface area contributed by atoms with Gasteiger partial charge in [0.05, 0.1) is 6.10 Å². The summed E-state index contributed by atoms with van der Waals surface area (Å²) in [5.74, 6) is 1.07. The molecule has 0 radical (unpaired) electrons. The van der Waals surface area contributed by atoms with Crippen molar-refractivity contribution in [1.29, 1.82) is 0 Å². The minimum Gasteiger partial charge on any atom is -0.380 e. The Hall–Kier alpha value is -0.0800. The number of ether oxygens (including phenoxy) is 1. The summed E-state index contributed by atoms with van der Waals surface area (Å²) in [6.07, 6.45) is 6.02. The lowest BCUT2D eigenvalue weighted by Crippen LogP contribution is -2.37. The van der Waals surface area contributed by atoms with Gasteiger partial charge in [0.1, 0.15) is 0 Å². The molecule has 2 atom stereocenters. The first-order valence-corrected chi connectivity index (χ1v) is 5.50. The standard InChI is InChI=1S/C11H23NO/c1-9(10(2)13-3)12-8-4-5-11-6-7-11/h9-12H,4-8H2,1-3H3. The molecule has 0 saturated heterocycles. The van der Waals surface area contributed by atoms with Crippen LogP contribution in [0.25, 0.3) is 0 Å². The molecule has 2 nitrogen and oxygen atoms in total. The second-order valence-corrected chi connectivity index (χ2v) is 4.27. The van der Waals surface area contributed by atoms with Crippen LogP contribution in [0, 0.1) is 5.92 Å². The van der Waals surface area contributed by atoms with Gasteiger partial charge in [-0.2, -0.15) is 0 Å². The topological polar surface area (TPSA) is 21.3 Å². The minimum atomic E-state index is 0.320. The maximum Gasteiger partial charge on any atom is 0.0693 e. The molecule has 1 fully saturated rings. The van der Waals surface area contributed by atoms with Gasteiger partial charge in [0.2, 0.25) is 0 Å². The molecule has 1 N–H and O–H groups in total. The Morgan fingerprint density at radius 1 is 1.38 bits per heavy atom. The van der Waals surface area contributed by atoms with Crippen molar-refractivity contribution < 1.29 is 4.74 Å². The quantitative estimate of drug-likeness (QED) is 0.614. The summed E-state index contributed by atoms with van der Waals surface area (Å²) in [7, 11) is 1.77. The highest BCUT2D eigenvalue weighted by Gasteiger charge is 2.20. The van der Waals surface area contributed by atoms with Gasteiger partial charge in [-0.05, 0) is 39.2 Å². The van der Waals surface area contributed by atoms with Gasteiger partial charge in [0, 0.05) is 13.2 Å². The Morgan fingerprint density at radius 3 is 2.62 bits per heavy atom. The number of nitrogens with one attached hydrogen (secondary N) is 1. The lowest BCUT2D eigenvalue weighted by Gasteiger charge is -2.19. The molecule has 0 heterocycles. The summed E-state index contributed by atoms with van der Waals surface area (Å²) in [5.41, 5.74) is 0. The summed E-state index contributed by atoms with van der Waals surface area (Å²) >= 11 is 0.